The number of hydrogen-bond donors (Lipinski definition) is 1. The minimum atomic E-state index is 0.212. The summed E-state index contributed by atoms with van der Waals surface area (Å²) in [6.07, 6.45) is 2.44. The molecule has 0 spiro atoms. The first-order valence-electron chi connectivity index (χ1n) is 7.54. The van der Waals surface area contributed by atoms with E-state index in [0.29, 0.717) is 6.04 Å². The quantitative estimate of drug-likeness (QED) is 0.757. The molecule has 0 aromatic rings. The molecule has 18 heavy (non-hydrogen) atoms. The van der Waals surface area contributed by atoms with Crippen LogP contribution in [0.5, 0.6) is 0 Å². The molecule has 1 aliphatic rings. The average molecular weight is 256 g/mol. The molecule has 0 aliphatic carbocycles. The van der Waals surface area contributed by atoms with E-state index in [0.717, 1.165) is 38.8 Å². The van der Waals surface area contributed by atoms with E-state index in [1.807, 2.05) is 0 Å². The van der Waals surface area contributed by atoms with Crippen LogP contribution in [0.2, 0.25) is 0 Å². The van der Waals surface area contributed by atoms with E-state index in [4.69, 9.17) is 4.74 Å². The largest absolute Gasteiger partial charge is 0.379 e. The maximum Gasteiger partial charge on any atom is 0.0594 e. The van der Waals surface area contributed by atoms with Gasteiger partial charge in [-0.15, -0.1) is 0 Å². The normalized spacial score (nSPS) is 20.3. The van der Waals surface area contributed by atoms with Crippen LogP contribution in [0, 0.1) is 5.92 Å². The van der Waals surface area contributed by atoms with Gasteiger partial charge >= 0.3 is 0 Å². The lowest BCUT2D eigenvalue weighted by atomic mass is 9.86. The van der Waals surface area contributed by atoms with Gasteiger partial charge < -0.3 is 10.1 Å². The molecule has 108 valence electrons. The highest BCUT2D eigenvalue weighted by Crippen LogP contribution is 2.25. The fourth-order valence-electron chi connectivity index (χ4n) is 2.77. The molecule has 0 aromatic heterocycles. The van der Waals surface area contributed by atoms with Gasteiger partial charge in [-0.1, -0.05) is 20.8 Å². The van der Waals surface area contributed by atoms with E-state index < -0.39 is 0 Å². The van der Waals surface area contributed by atoms with Crippen molar-refractivity contribution in [1.82, 2.24) is 10.2 Å². The molecule has 1 heterocycles. The molecular weight excluding hydrogens is 224 g/mol. The van der Waals surface area contributed by atoms with E-state index in [1.54, 1.807) is 0 Å². The molecule has 1 saturated heterocycles. The predicted molar refractivity (Wildman–Crippen MR) is 78.0 cm³/mol. The van der Waals surface area contributed by atoms with Gasteiger partial charge in [-0.3, -0.25) is 4.90 Å². The summed E-state index contributed by atoms with van der Waals surface area (Å²) in [7, 11) is 0. The lowest BCUT2D eigenvalue weighted by Gasteiger charge is -2.46. The lowest BCUT2D eigenvalue weighted by molar-refractivity contribution is -0.0257. The van der Waals surface area contributed by atoms with Gasteiger partial charge in [0.2, 0.25) is 0 Å². The SMILES string of the molecule is CCCNC(CC(C)C)C(C)(C)N1CCOCC1. The molecular formula is C15H32N2O. The standard InChI is InChI=1S/C15H32N2O/c1-6-7-16-14(12-13(2)3)15(4,5)17-8-10-18-11-9-17/h13-14,16H,6-12H2,1-5H3. The molecule has 0 saturated carbocycles. The van der Waals surface area contributed by atoms with Crippen LogP contribution in [0.4, 0.5) is 0 Å². The van der Waals surface area contributed by atoms with Crippen LogP contribution in [-0.2, 0) is 4.74 Å². The molecule has 1 aliphatic heterocycles. The molecule has 0 amide bonds. The molecule has 0 bridgehead atoms. The summed E-state index contributed by atoms with van der Waals surface area (Å²) < 4.78 is 5.47. The summed E-state index contributed by atoms with van der Waals surface area (Å²) in [5.74, 6) is 0.736. The van der Waals surface area contributed by atoms with Gasteiger partial charge in [0.15, 0.2) is 0 Å². The Kier molecular flexibility index (Phi) is 6.61. The average Bonchev–Trinajstić information content (AvgIpc) is 2.35. The number of nitrogens with zero attached hydrogens (tertiary/aromatic N) is 1. The molecule has 3 heteroatoms. The molecule has 1 fully saturated rings. The van der Waals surface area contributed by atoms with Gasteiger partial charge in [-0.2, -0.15) is 0 Å². The Labute approximate surface area is 113 Å². The second-order valence-corrected chi connectivity index (χ2v) is 6.39. The Balaban J connectivity index is 2.66. The summed E-state index contributed by atoms with van der Waals surface area (Å²) in [5, 5.41) is 3.76. The highest BCUT2D eigenvalue weighted by molar-refractivity contribution is 4.94. The van der Waals surface area contributed by atoms with Crippen LogP contribution in [-0.4, -0.2) is 49.3 Å². The van der Waals surface area contributed by atoms with E-state index in [1.165, 1.54) is 12.8 Å². The van der Waals surface area contributed by atoms with E-state index >= 15 is 0 Å². The highest BCUT2D eigenvalue weighted by atomic mass is 16.5. The monoisotopic (exact) mass is 256 g/mol. The van der Waals surface area contributed by atoms with Crippen molar-refractivity contribution in [2.24, 2.45) is 5.92 Å². The summed E-state index contributed by atoms with van der Waals surface area (Å²) in [5.41, 5.74) is 0.212. The summed E-state index contributed by atoms with van der Waals surface area (Å²) in [6.45, 7) is 16.6. The molecule has 1 unspecified atom stereocenters. The molecule has 0 radical (unpaired) electrons. The van der Waals surface area contributed by atoms with Crippen molar-refractivity contribution in [1.29, 1.82) is 0 Å². The van der Waals surface area contributed by atoms with Crippen molar-refractivity contribution >= 4 is 0 Å². The van der Waals surface area contributed by atoms with Crippen LogP contribution < -0.4 is 5.32 Å². The fraction of sp³-hybridized carbons (Fsp3) is 1.00. The third kappa shape index (κ3) is 4.52. The van der Waals surface area contributed by atoms with Crippen LogP contribution in [0.25, 0.3) is 0 Å². The Hall–Kier alpha value is -0.120. The van der Waals surface area contributed by atoms with Gasteiger partial charge in [0.25, 0.3) is 0 Å². The maximum atomic E-state index is 5.47. The number of nitrogens with one attached hydrogen (secondary N) is 1. The first-order chi connectivity index (χ1) is 8.48. The number of ether oxygens (including phenoxy) is 1. The van der Waals surface area contributed by atoms with Crippen molar-refractivity contribution in [3.8, 4) is 0 Å². The maximum absolute atomic E-state index is 5.47. The third-order valence-electron chi connectivity index (χ3n) is 4.03. The number of rotatable bonds is 7. The van der Waals surface area contributed by atoms with E-state index in [-0.39, 0.29) is 5.54 Å². The topological polar surface area (TPSA) is 24.5 Å². The summed E-state index contributed by atoms with van der Waals surface area (Å²) in [6, 6.07) is 0.565. The minimum Gasteiger partial charge on any atom is -0.379 e. The van der Waals surface area contributed by atoms with Gasteiger partial charge in [-0.05, 0) is 39.2 Å². The molecule has 3 nitrogen and oxygen atoms in total. The fourth-order valence-corrected chi connectivity index (χ4v) is 2.77. The van der Waals surface area contributed by atoms with Gasteiger partial charge in [0.05, 0.1) is 13.2 Å². The smallest absolute Gasteiger partial charge is 0.0594 e. The molecule has 1 atom stereocenters. The van der Waals surface area contributed by atoms with Gasteiger partial charge in [-0.25, -0.2) is 0 Å². The number of morpholine rings is 1. The Morgan fingerprint density at radius 3 is 2.33 bits per heavy atom. The zero-order valence-electron chi connectivity index (χ0n) is 13.0. The number of hydrogen-bond acceptors (Lipinski definition) is 3. The summed E-state index contributed by atoms with van der Waals surface area (Å²) in [4.78, 5) is 2.59. The zero-order valence-corrected chi connectivity index (χ0v) is 13.0. The molecule has 1 rings (SSSR count). The predicted octanol–water partition coefficient (Wildman–Crippen LogP) is 2.51. The lowest BCUT2D eigenvalue weighted by Crippen LogP contribution is -2.60. The van der Waals surface area contributed by atoms with Crippen molar-refractivity contribution in [3.05, 3.63) is 0 Å². The van der Waals surface area contributed by atoms with Gasteiger partial charge in [0, 0.05) is 24.7 Å². The Morgan fingerprint density at radius 1 is 1.22 bits per heavy atom. The molecule has 1 N–H and O–H groups in total. The van der Waals surface area contributed by atoms with Crippen molar-refractivity contribution in [2.45, 2.75) is 59.0 Å². The molecule has 0 aromatic carbocycles. The van der Waals surface area contributed by atoms with Gasteiger partial charge in [0.1, 0.15) is 0 Å². The summed E-state index contributed by atoms with van der Waals surface area (Å²) >= 11 is 0. The second kappa shape index (κ2) is 7.46. The van der Waals surface area contributed by atoms with Crippen molar-refractivity contribution in [2.75, 3.05) is 32.8 Å². The van der Waals surface area contributed by atoms with Crippen molar-refractivity contribution in [3.63, 3.8) is 0 Å². The van der Waals surface area contributed by atoms with E-state index in [2.05, 4.69) is 44.8 Å². The van der Waals surface area contributed by atoms with Crippen molar-refractivity contribution < 1.29 is 4.74 Å². The van der Waals surface area contributed by atoms with Crippen LogP contribution in [0.3, 0.4) is 0 Å². The zero-order chi connectivity index (χ0) is 13.6. The van der Waals surface area contributed by atoms with Crippen LogP contribution >= 0.6 is 0 Å². The second-order valence-electron chi connectivity index (χ2n) is 6.39. The first-order valence-corrected chi connectivity index (χ1v) is 7.54. The Bertz CT molecular complexity index is 223. The Morgan fingerprint density at radius 2 is 1.83 bits per heavy atom. The third-order valence-corrected chi connectivity index (χ3v) is 4.03. The highest BCUT2D eigenvalue weighted by Gasteiger charge is 2.35. The van der Waals surface area contributed by atoms with E-state index in [9.17, 15) is 0 Å². The first kappa shape index (κ1) is 15.9. The minimum absolute atomic E-state index is 0.212. The van der Waals surface area contributed by atoms with Crippen LogP contribution in [0.1, 0.15) is 47.5 Å². The van der Waals surface area contributed by atoms with Crippen LogP contribution in [0.15, 0.2) is 0 Å².